The summed E-state index contributed by atoms with van der Waals surface area (Å²) in [4.78, 5) is 25.9. The van der Waals surface area contributed by atoms with E-state index in [0.29, 0.717) is 31.9 Å². The van der Waals surface area contributed by atoms with E-state index in [9.17, 15) is 18.0 Å². The summed E-state index contributed by atoms with van der Waals surface area (Å²) in [5, 5.41) is 5.46. The predicted molar refractivity (Wildman–Crippen MR) is 110 cm³/mol. The van der Waals surface area contributed by atoms with Crippen LogP contribution >= 0.6 is 0 Å². The SMILES string of the molecule is COCCCNC(=O)CN(C)CC(=O)Nc1cccc(S(=O)(=O)N2CCCC2)c1. The molecule has 1 fully saturated rings. The van der Waals surface area contributed by atoms with Crippen molar-refractivity contribution in [3.63, 3.8) is 0 Å². The van der Waals surface area contributed by atoms with Gasteiger partial charge in [-0.15, -0.1) is 0 Å². The van der Waals surface area contributed by atoms with Gasteiger partial charge in [-0.25, -0.2) is 8.42 Å². The number of carbonyl (C=O) groups excluding carboxylic acids is 2. The van der Waals surface area contributed by atoms with Crippen LogP contribution in [0.2, 0.25) is 0 Å². The van der Waals surface area contributed by atoms with E-state index >= 15 is 0 Å². The quantitative estimate of drug-likeness (QED) is 0.499. The fourth-order valence-corrected chi connectivity index (χ4v) is 4.62. The Bertz CT molecular complexity index is 794. The number of hydrogen-bond donors (Lipinski definition) is 2. The van der Waals surface area contributed by atoms with Crippen molar-refractivity contribution >= 4 is 27.5 Å². The van der Waals surface area contributed by atoms with Crippen LogP contribution in [0.1, 0.15) is 19.3 Å². The van der Waals surface area contributed by atoms with Crippen LogP contribution in [0, 0.1) is 0 Å². The number of likely N-dealkylation sites (N-methyl/N-ethyl adjacent to an activating group) is 1. The van der Waals surface area contributed by atoms with Crippen molar-refractivity contribution in [3.8, 4) is 0 Å². The fourth-order valence-electron chi connectivity index (χ4n) is 3.06. The second-order valence-corrected chi connectivity index (χ2v) is 8.99. The minimum absolute atomic E-state index is 0.00853. The van der Waals surface area contributed by atoms with E-state index < -0.39 is 10.0 Å². The number of methoxy groups -OCH3 is 1. The zero-order valence-electron chi connectivity index (χ0n) is 17.0. The van der Waals surface area contributed by atoms with Gasteiger partial charge >= 0.3 is 0 Å². The number of sulfonamides is 1. The second-order valence-electron chi connectivity index (χ2n) is 7.06. The van der Waals surface area contributed by atoms with E-state index in [1.165, 1.54) is 16.4 Å². The first-order valence-electron chi connectivity index (χ1n) is 9.67. The molecule has 1 aromatic rings. The highest BCUT2D eigenvalue weighted by Crippen LogP contribution is 2.23. The zero-order valence-corrected chi connectivity index (χ0v) is 17.8. The topological polar surface area (TPSA) is 108 Å². The van der Waals surface area contributed by atoms with Gasteiger partial charge in [-0.05, 0) is 44.5 Å². The van der Waals surface area contributed by atoms with Crippen LogP contribution in [0.15, 0.2) is 29.2 Å². The van der Waals surface area contributed by atoms with E-state index in [1.54, 1.807) is 31.2 Å². The molecule has 1 aliphatic heterocycles. The van der Waals surface area contributed by atoms with Crippen LogP contribution in [-0.4, -0.2) is 82.9 Å². The summed E-state index contributed by atoms with van der Waals surface area (Å²) in [6.07, 6.45) is 2.45. The fraction of sp³-hybridized carbons (Fsp3) is 0.579. The molecule has 0 spiro atoms. The molecular formula is C19H30N4O5S. The van der Waals surface area contributed by atoms with Gasteiger partial charge in [0.2, 0.25) is 21.8 Å². The van der Waals surface area contributed by atoms with Crippen LogP contribution in [0.5, 0.6) is 0 Å². The minimum Gasteiger partial charge on any atom is -0.385 e. The van der Waals surface area contributed by atoms with Gasteiger partial charge in [0, 0.05) is 39.0 Å². The number of benzene rings is 1. The molecule has 29 heavy (non-hydrogen) atoms. The van der Waals surface area contributed by atoms with E-state index in [2.05, 4.69) is 10.6 Å². The third kappa shape index (κ3) is 7.39. The van der Waals surface area contributed by atoms with Crippen molar-refractivity contribution < 1.29 is 22.7 Å². The molecule has 0 aliphatic carbocycles. The van der Waals surface area contributed by atoms with Gasteiger partial charge in [0.25, 0.3) is 0 Å². The standard InChI is InChI=1S/C19H30N4O5S/c1-22(14-18(24)20-9-6-12-28-2)15-19(25)21-16-7-5-8-17(13-16)29(26,27)23-10-3-4-11-23/h5,7-8,13H,3-4,6,9-12,14-15H2,1-2H3,(H,20,24)(H,21,25). The average molecular weight is 427 g/mol. The highest BCUT2D eigenvalue weighted by Gasteiger charge is 2.27. The largest absolute Gasteiger partial charge is 0.385 e. The van der Waals surface area contributed by atoms with Gasteiger partial charge in [-0.3, -0.25) is 14.5 Å². The van der Waals surface area contributed by atoms with Crippen molar-refractivity contribution in [2.45, 2.75) is 24.2 Å². The summed E-state index contributed by atoms with van der Waals surface area (Å²) in [5.74, 6) is -0.495. The van der Waals surface area contributed by atoms with Crippen molar-refractivity contribution in [1.82, 2.24) is 14.5 Å². The molecule has 0 radical (unpaired) electrons. The van der Waals surface area contributed by atoms with E-state index in [0.717, 1.165) is 19.3 Å². The Balaban J connectivity index is 1.85. The summed E-state index contributed by atoms with van der Waals surface area (Å²) in [5.41, 5.74) is 0.410. The lowest BCUT2D eigenvalue weighted by atomic mass is 10.3. The van der Waals surface area contributed by atoms with Gasteiger partial charge in [-0.2, -0.15) is 4.31 Å². The number of nitrogens with zero attached hydrogens (tertiary/aromatic N) is 2. The summed E-state index contributed by atoms with van der Waals surface area (Å²) in [7, 11) is -0.267. The number of carbonyl (C=O) groups is 2. The first kappa shape index (κ1) is 23.3. The lowest BCUT2D eigenvalue weighted by Crippen LogP contribution is -2.39. The van der Waals surface area contributed by atoms with Crippen molar-refractivity contribution in [2.24, 2.45) is 0 Å². The molecule has 10 heteroatoms. The molecule has 0 aromatic heterocycles. The van der Waals surface area contributed by atoms with Crippen molar-refractivity contribution in [1.29, 1.82) is 0 Å². The maximum absolute atomic E-state index is 12.7. The van der Waals surface area contributed by atoms with Crippen LogP contribution in [0.25, 0.3) is 0 Å². The van der Waals surface area contributed by atoms with Crippen molar-refractivity contribution in [2.75, 3.05) is 58.8 Å². The Labute approximate surface area is 172 Å². The van der Waals surface area contributed by atoms with E-state index in [4.69, 9.17) is 4.74 Å². The van der Waals surface area contributed by atoms with Gasteiger partial charge in [0.05, 0.1) is 18.0 Å². The summed E-state index contributed by atoms with van der Waals surface area (Å²) in [6, 6.07) is 6.25. The molecule has 1 heterocycles. The Kier molecular flexibility index (Phi) is 9.02. The number of amides is 2. The molecule has 0 unspecified atom stereocenters. The monoisotopic (exact) mass is 426 g/mol. The van der Waals surface area contributed by atoms with Crippen molar-refractivity contribution in [3.05, 3.63) is 24.3 Å². The molecule has 1 aromatic carbocycles. The van der Waals surface area contributed by atoms with Crippen LogP contribution < -0.4 is 10.6 Å². The smallest absolute Gasteiger partial charge is 0.243 e. The molecule has 1 saturated heterocycles. The number of rotatable bonds is 11. The summed E-state index contributed by atoms with van der Waals surface area (Å²) < 4.78 is 31.7. The highest BCUT2D eigenvalue weighted by molar-refractivity contribution is 7.89. The Morgan fingerprint density at radius 3 is 2.55 bits per heavy atom. The Morgan fingerprint density at radius 2 is 1.86 bits per heavy atom. The van der Waals surface area contributed by atoms with Gasteiger partial charge in [0.15, 0.2) is 0 Å². The van der Waals surface area contributed by atoms with Gasteiger partial charge in [-0.1, -0.05) is 6.07 Å². The summed E-state index contributed by atoms with van der Waals surface area (Å²) in [6.45, 7) is 2.24. The van der Waals surface area contributed by atoms with E-state index in [-0.39, 0.29) is 29.8 Å². The summed E-state index contributed by atoms with van der Waals surface area (Å²) >= 11 is 0. The molecular weight excluding hydrogens is 396 g/mol. The lowest BCUT2D eigenvalue weighted by molar-refractivity contribution is -0.123. The molecule has 162 valence electrons. The maximum Gasteiger partial charge on any atom is 0.243 e. The molecule has 0 saturated carbocycles. The Hall–Kier alpha value is -2.01. The highest BCUT2D eigenvalue weighted by atomic mass is 32.2. The molecule has 2 N–H and O–H groups in total. The molecule has 9 nitrogen and oxygen atoms in total. The van der Waals surface area contributed by atoms with E-state index in [1.807, 2.05) is 0 Å². The Morgan fingerprint density at radius 1 is 1.17 bits per heavy atom. The first-order chi connectivity index (χ1) is 13.8. The average Bonchev–Trinajstić information content (AvgIpc) is 3.21. The maximum atomic E-state index is 12.7. The second kappa shape index (κ2) is 11.2. The number of anilines is 1. The molecule has 2 rings (SSSR count). The number of ether oxygens (including phenoxy) is 1. The molecule has 0 atom stereocenters. The van der Waals surface area contributed by atoms with Crippen LogP contribution in [0.4, 0.5) is 5.69 Å². The van der Waals surface area contributed by atoms with Gasteiger partial charge < -0.3 is 15.4 Å². The first-order valence-corrected chi connectivity index (χ1v) is 11.1. The molecule has 0 bridgehead atoms. The number of nitrogens with one attached hydrogen (secondary N) is 2. The minimum atomic E-state index is -3.54. The molecule has 2 amide bonds. The van der Waals surface area contributed by atoms with Crippen LogP contribution in [-0.2, 0) is 24.3 Å². The normalized spacial score (nSPS) is 14.9. The lowest BCUT2D eigenvalue weighted by Gasteiger charge is -2.17. The number of hydrogen-bond acceptors (Lipinski definition) is 6. The third-order valence-electron chi connectivity index (χ3n) is 4.50. The zero-order chi connectivity index (χ0) is 21.3. The predicted octanol–water partition coefficient (Wildman–Crippen LogP) is 0.494. The van der Waals surface area contributed by atoms with Gasteiger partial charge in [0.1, 0.15) is 0 Å². The third-order valence-corrected chi connectivity index (χ3v) is 6.39. The van der Waals surface area contributed by atoms with Crippen LogP contribution in [0.3, 0.4) is 0 Å². The molecule has 1 aliphatic rings.